The third-order valence-corrected chi connectivity index (χ3v) is 10.5. The molecular weight excluding hydrogens is 683 g/mol. The normalized spacial score (nSPS) is 14.5. The van der Waals surface area contributed by atoms with Gasteiger partial charge in [0.15, 0.2) is 0 Å². The average Bonchev–Trinajstić information content (AvgIpc) is 3.36. The standard InChI is InChI=1S/C29H35Cl3N6O5S2/c1-4-37-9-11-38(12-10-37)8-5-13-43-23-15-21(31)14-22(28(39)34-24-7-6-20(30)16-33-24)26(23)35-29(40)27-25(32)19(18-44-27)17-36(2)45(3,41)42/h6-7,14-16,18H,4-5,8-13,17H2,1-3H3,(H,35,40)(H,33,34,39). The zero-order chi connectivity index (χ0) is 32.7. The van der Waals surface area contributed by atoms with Gasteiger partial charge in [0, 0.05) is 63.6 Å². The lowest BCUT2D eigenvalue weighted by Gasteiger charge is -2.33. The van der Waals surface area contributed by atoms with Crippen molar-refractivity contribution in [3.63, 3.8) is 0 Å². The van der Waals surface area contributed by atoms with Crippen molar-refractivity contribution < 1.29 is 22.7 Å². The highest BCUT2D eigenvalue weighted by Gasteiger charge is 2.25. The van der Waals surface area contributed by atoms with E-state index in [9.17, 15) is 18.0 Å². The molecule has 0 unspecified atom stereocenters. The molecule has 0 saturated carbocycles. The average molecular weight is 718 g/mol. The number of benzene rings is 1. The Kier molecular flexibility index (Phi) is 12.5. The van der Waals surface area contributed by atoms with Gasteiger partial charge in [-0.3, -0.25) is 9.59 Å². The smallest absolute Gasteiger partial charge is 0.267 e. The number of nitrogens with one attached hydrogen (secondary N) is 2. The van der Waals surface area contributed by atoms with Crippen LogP contribution in [0.15, 0.2) is 35.8 Å². The van der Waals surface area contributed by atoms with Crippen LogP contribution < -0.4 is 15.4 Å². The number of aromatic nitrogens is 1. The van der Waals surface area contributed by atoms with Crippen LogP contribution in [0.2, 0.25) is 15.1 Å². The Bertz CT molecular complexity index is 1610. The molecule has 0 bridgehead atoms. The first kappa shape index (κ1) is 35.4. The topological polar surface area (TPSA) is 124 Å². The summed E-state index contributed by atoms with van der Waals surface area (Å²) in [6.07, 6.45) is 3.20. The summed E-state index contributed by atoms with van der Waals surface area (Å²) in [5.74, 6) is -0.731. The number of carbonyl (C=O) groups is 2. The fraction of sp³-hybridized carbons (Fsp3) is 0.414. The van der Waals surface area contributed by atoms with Gasteiger partial charge in [-0.15, -0.1) is 11.3 Å². The first-order valence-electron chi connectivity index (χ1n) is 14.2. The van der Waals surface area contributed by atoms with Crippen LogP contribution in [-0.4, -0.2) is 98.5 Å². The number of hydrogen-bond acceptors (Lipinski definition) is 9. The molecule has 0 aliphatic carbocycles. The number of carbonyl (C=O) groups excluding carboxylic acids is 2. The Balaban J connectivity index is 1.56. The van der Waals surface area contributed by atoms with Crippen molar-refractivity contribution in [1.29, 1.82) is 0 Å². The molecule has 1 aromatic carbocycles. The maximum absolute atomic E-state index is 13.6. The van der Waals surface area contributed by atoms with Crippen LogP contribution >= 0.6 is 46.1 Å². The van der Waals surface area contributed by atoms with Gasteiger partial charge in [-0.1, -0.05) is 41.7 Å². The van der Waals surface area contributed by atoms with E-state index in [1.807, 2.05) is 0 Å². The van der Waals surface area contributed by atoms with Crippen molar-refractivity contribution in [1.82, 2.24) is 19.1 Å². The van der Waals surface area contributed by atoms with E-state index in [4.69, 9.17) is 39.5 Å². The van der Waals surface area contributed by atoms with Gasteiger partial charge < -0.3 is 25.2 Å². The number of pyridine rings is 1. The molecule has 0 atom stereocenters. The number of thiophene rings is 1. The van der Waals surface area contributed by atoms with E-state index in [-0.39, 0.29) is 44.3 Å². The van der Waals surface area contributed by atoms with E-state index < -0.39 is 21.8 Å². The van der Waals surface area contributed by atoms with E-state index >= 15 is 0 Å². The number of sulfonamides is 1. The van der Waals surface area contributed by atoms with E-state index in [1.165, 1.54) is 25.4 Å². The third-order valence-electron chi connectivity index (χ3n) is 7.27. The molecule has 0 radical (unpaired) electrons. The van der Waals surface area contributed by atoms with Gasteiger partial charge >= 0.3 is 0 Å². The van der Waals surface area contributed by atoms with Crippen LogP contribution in [0.4, 0.5) is 11.5 Å². The monoisotopic (exact) mass is 716 g/mol. The minimum absolute atomic E-state index is 0.00794. The van der Waals surface area contributed by atoms with E-state index in [0.29, 0.717) is 17.2 Å². The lowest BCUT2D eigenvalue weighted by Crippen LogP contribution is -2.46. The number of anilines is 2. The molecule has 3 heterocycles. The highest BCUT2D eigenvalue weighted by Crippen LogP contribution is 2.36. The SMILES string of the molecule is CCN1CCN(CCCOc2cc(Cl)cc(C(=O)Nc3ccc(Cl)cn3)c2NC(=O)c2scc(CN(C)S(C)(=O)=O)c2Cl)CC1. The maximum Gasteiger partial charge on any atom is 0.267 e. The largest absolute Gasteiger partial charge is 0.491 e. The molecule has 2 N–H and O–H groups in total. The van der Waals surface area contributed by atoms with Crippen LogP contribution in [0.3, 0.4) is 0 Å². The number of nitrogens with zero attached hydrogens (tertiary/aromatic N) is 4. The van der Waals surface area contributed by atoms with Gasteiger partial charge in [0.25, 0.3) is 11.8 Å². The van der Waals surface area contributed by atoms with Gasteiger partial charge in [0.05, 0.1) is 34.2 Å². The van der Waals surface area contributed by atoms with Crippen molar-refractivity contribution in [3.8, 4) is 5.75 Å². The predicted molar refractivity (Wildman–Crippen MR) is 181 cm³/mol. The van der Waals surface area contributed by atoms with Gasteiger partial charge in [0.2, 0.25) is 10.0 Å². The van der Waals surface area contributed by atoms with E-state index in [2.05, 4.69) is 32.3 Å². The number of amides is 2. The molecule has 45 heavy (non-hydrogen) atoms. The van der Waals surface area contributed by atoms with E-state index in [0.717, 1.165) is 67.6 Å². The lowest BCUT2D eigenvalue weighted by atomic mass is 10.1. The summed E-state index contributed by atoms with van der Waals surface area (Å²) in [7, 11) is -2.04. The zero-order valence-corrected chi connectivity index (χ0v) is 29.0. The summed E-state index contributed by atoms with van der Waals surface area (Å²) >= 11 is 19.9. The third kappa shape index (κ3) is 9.75. The highest BCUT2D eigenvalue weighted by atomic mass is 35.5. The van der Waals surface area contributed by atoms with Crippen LogP contribution in [0.1, 0.15) is 38.9 Å². The Labute approximate surface area is 282 Å². The maximum atomic E-state index is 13.6. The molecule has 1 fully saturated rings. The van der Waals surface area contributed by atoms with Crippen molar-refractivity contribution in [3.05, 3.63) is 66.9 Å². The minimum atomic E-state index is -3.47. The molecule has 2 amide bonds. The number of likely N-dealkylation sites (N-methyl/N-ethyl adjacent to an activating group) is 1. The van der Waals surface area contributed by atoms with Crippen LogP contribution in [-0.2, 0) is 16.6 Å². The fourth-order valence-corrected chi connectivity index (χ4v) is 6.54. The Morgan fingerprint density at radius 3 is 2.40 bits per heavy atom. The first-order chi connectivity index (χ1) is 21.3. The molecule has 0 spiro atoms. The van der Waals surface area contributed by atoms with Gasteiger partial charge in [-0.2, -0.15) is 0 Å². The van der Waals surface area contributed by atoms with Gasteiger partial charge in [-0.25, -0.2) is 17.7 Å². The summed E-state index contributed by atoms with van der Waals surface area (Å²) in [4.78, 5) is 36.1. The summed E-state index contributed by atoms with van der Waals surface area (Å²) in [5, 5.41) is 7.86. The first-order valence-corrected chi connectivity index (χ1v) is 18.0. The molecule has 2 aromatic heterocycles. The Morgan fingerprint density at radius 2 is 1.76 bits per heavy atom. The second-order valence-electron chi connectivity index (χ2n) is 10.5. The highest BCUT2D eigenvalue weighted by molar-refractivity contribution is 7.88. The second kappa shape index (κ2) is 15.9. The van der Waals surface area contributed by atoms with Gasteiger partial charge in [-0.05, 0) is 42.1 Å². The summed E-state index contributed by atoms with van der Waals surface area (Å²) in [6.45, 7) is 8.38. The number of piperazine rings is 1. The molecular formula is C29H35Cl3N6O5S2. The molecule has 244 valence electrons. The van der Waals surface area contributed by atoms with Crippen LogP contribution in [0, 0.1) is 0 Å². The summed E-state index contributed by atoms with van der Waals surface area (Å²) < 4.78 is 31.0. The molecule has 11 nitrogen and oxygen atoms in total. The lowest BCUT2D eigenvalue weighted by molar-refractivity contribution is 0.102. The van der Waals surface area contributed by atoms with Crippen LogP contribution in [0.25, 0.3) is 0 Å². The number of rotatable bonds is 13. The number of ether oxygens (including phenoxy) is 1. The molecule has 4 rings (SSSR count). The molecule has 1 aliphatic rings. The summed E-state index contributed by atoms with van der Waals surface area (Å²) in [5.41, 5.74) is 0.619. The molecule has 1 aliphatic heterocycles. The quantitative estimate of drug-likeness (QED) is 0.225. The van der Waals surface area contributed by atoms with Crippen LogP contribution in [0.5, 0.6) is 5.75 Å². The number of hydrogen-bond donors (Lipinski definition) is 2. The molecule has 16 heteroatoms. The van der Waals surface area contributed by atoms with E-state index in [1.54, 1.807) is 17.5 Å². The molecule has 3 aromatic rings. The van der Waals surface area contributed by atoms with Crippen molar-refractivity contribution in [2.75, 3.05) is 69.8 Å². The minimum Gasteiger partial charge on any atom is -0.491 e. The fourth-order valence-electron chi connectivity index (χ4n) is 4.60. The Hall–Kier alpha value is -2.49. The second-order valence-corrected chi connectivity index (χ2v) is 14.7. The molecule has 1 saturated heterocycles. The Morgan fingerprint density at radius 1 is 1.04 bits per heavy atom. The van der Waals surface area contributed by atoms with Gasteiger partial charge in [0.1, 0.15) is 16.4 Å². The van der Waals surface area contributed by atoms with Crippen molar-refractivity contribution in [2.45, 2.75) is 19.9 Å². The van der Waals surface area contributed by atoms with Crippen molar-refractivity contribution in [2.24, 2.45) is 0 Å². The number of halogens is 3. The zero-order valence-electron chi connectivity index (χ0n) is 25.1. The van der Waals surface area contributed by atoms with Crippen molar-refractivity contribution >= 4 is 79.5 Å². The predicted octanol–water partition coefficient (Wildman–Crippen LogP) is 5.41. The summed E-state index contributed by atoms with van der Waals surface area (Å²) in [6, 6.07) is 6.09.